The van der Waals surface area contributed by atoms with Crippen molar-refractivity contribution in [3.8, 4) is 0 Å². The molecule has 94 valence electrons. The molecule has 0 aliphatic rings. The zero-order chi connectivity index (χ0) is 12.4. The van der Waals surface area contributed by atoms with Gasteiger partial charge in [0.2, 0.25) is 11.8 Å². The Hall–Kier alpha value is -1.10. The molecule has 0 spiro atoms. The number of rotatable bonds is 8. The Kier molecular flexibility index (Phi) is 8.52. The molecule has 0 saturated carbocycles. The quantitative estimate of drug-likeness (QED) is 0.575. The fraction of sp³-hybridized carbons (Fsp3) is 0.818. The van der Waals surface area contributed by atoms with Crippen LogP contribution in [0.4, 0.5) is 0 Å². The Bertz CT molecular complexity index is 215. The van der Waals surface area contributed by atoms with E-state index in [1.165, 1.54) is 0 Å². The molecule has 5 nitrogen and oxygen atoms in total. The summed E-state index contributed by atoms with van der Waals surface area (Å²) in [4.78, 5) is 24.3. The largest absolute Gasteiger partial charge is 0.359 e. The molecule has 16 heavy (non-hydrogen) atoms. The second-order valence-corrected chi connectivity index (χ2v) is 3.49. The minimum absolute atomic E-state index is 0.0163. The molecule has 0 saturated heterocycles. The van der Waals surface area contributed by atoms with Crippen LogP contribution in [0.15, 0.2) is 0 Å². The topological polar surface area (TPSA) is 61.4 Å². The van der Waals surface area contributed by atoms with E-state index in [9.17, 15) is 9.59 Å². The van der Waals surface area contributed by atoms with E-state index in [-0.39, 0.29) is 11.8 Å². The highest BCUT2D eigenvalue weighted by atomic mass is 16.2. The monoisotopic (exact) mass is 229 g/mol. The van der Waals surface area contributed by atoms with Gasteiger partial charge in [-0.05, 0) is 13.8 Å². The van der Waals surface area contributed by atoms with Crippen molar-refractivity contribution in [2.24, 2.45) is 0 Å². The zero-order valence-corrected chi connectivity index (χ0v) is 10.5. The van der Waals surface area contributed by atoms with Crippen LogP contribution in [-0.2, 0) is 9.59 Å². The maximum Gasteiger partial charge on any atom is 0.223 e. The van der Waals surface area contributed by atoms with Gasteiger partial charge in [-0.3, -0.25) is 9.59 Å². The third-order valence-corrected chi connectivity index (χ3v) is 2.44. The molecule has 0 rings (SSSR count). The number of hydrogen-bond donors (Lipinski definition) is 2. The molecule has 0 unspecified atom stereocenters. The Labute approximate surface area is 97.6 Å². The first kappa shape index (κ1) is 14.9. The average molecular weight is 229 g/mol. The maximum atomic E-state index is 11.6. The summed E-state index contributed by atoms with van der Waals surface area (Å²) in [7, 11) is 1.62. The van der Waals surface area contributed by atoms with Gasteiger partial charge >= 0.3 is 0 Å². The van der Waals surface area contributed by atoms with Gasteiger partial charge < -0.3 is 15.5 Å². The van der Waals surface area contributed by atoms with Gasteiger partial charge in [-0.1, -0.05) is 0 Å². The lowest BCUT2D eigenvalue weighted by molar-refractivity contribution is -0.130. The molecule has 0 aromatic heterocycles. The Morgan fingerprint density at radius 2 is 1.62 bits per heavy atom. The van der Waals surface area contributed by atoms with Crippen LogP contribution < -0.4 is 10.6 Å². The van der Waals surface area contributed by atoms with E-state index in [0.717, 1.165) is 13.1 Å². The van der Waals surface area contributed by atoms with Crippen molar-refractivity contribution in [2.45, 2.75) is 26.7 Å². The van der Waals surface area contributed by atoms with Crippen molar-refractivity contribution in [1.29, 1.82) is 0 Å². The van der Waals surface area contributed by atoms with E-state index in [1.54, 1.807) is 11.9 Å². The maximum absolute atomic E-state index is 11.6. The molecule has 0 radical (unpaired) electrons. The summed E-state index contributed by atoms with van der Waals surface area (Å²) in [6.07, 6.45) is 0.950. The van der Waals surface area contributed by atoms with E-state index >= 15 is 0 Å². The summed E-state index contributed by atoms with van der Waals surface area (Å²) in [6, 6.07) is 0. The van der Waals surface area contributed by atoms with Crippen molar-refractivity contribution >= 4 is 11.8 Å². The fourth-order valence-corrected chi connectivity index (χ4v) is 1.38. The minimum atomic E-state index is 0.0163. The molecular formula is C11H23N3O2. The van der Waals surface area contributed by atoms with E-state index in [4.69, 9.17) is 0 Å². The number of amides is 2. The van der Waals surface area contributed by atoms with Crippen LogP contribution in [0.25, 0.3) is 0 Å². The van der Waals surface area contributed by atoms with Gasteiger partial charge in [0.15, 0.2) is 0 Å². The van der Waals surface area contributed by atoms with Gasteiger partial charge in [0.1, 0.15) is 0 Å². The Morgan fingerprint density at radius 3 is 2.12 bits per heavy atom. The van der Waals surface area contributed by atoms with Crippen LogP contribution in [0, 0.1) is 0 Å². The van der Waals surface area contributed by atoms with Gasteiger partial charge in [-0.15, -0.1) is 0 Å². The van der Waals surface area contributed by atoms with Crippen LogP contribution in [0.5, 0.6) is 0 Å². The van der Waals surface area contributed by atoms with Crippen molar-refractivity contribution < 1.29 is 9.59 Å². The predicted octanol–water partition coefficient (Wildman–Crippen LogP) is -0.0294. The number of nitrogens with zero attached hydrogens (tertiary/aromatic N) is 1. The zero-order valence-electron chi connectivity index (χ0n) is 10.5. The molecule has 0 aromatic carbocycles. The normalized spacial score (nSPS) is 9.94. The smallest absolute Gasteiger partial charge is 0.223 e. The molecule has 2 amide bonds. The number of nitrogens with one attached hydrogen (secondary N) is 2. The van der Waals surface area contributed by atoms with Crippen LogP contribution in [0.3, 0.4) is 0 Å². The Morgan fingerprint density at radius 1 is 1.06 bits per heavy atom. The van der Waals surface area contributed by atoms with Gasteiger partial charge in [-0.25, -0.2) is 0 Å². The standard InChI is InChI=1S/C11H23N3O2/c1-4-14(5-2)11(16)7-9-13-8-6-10(15)12-3/h13H,4-9H2,1-3H3,(H,12,15). The number of carbonyl (C=O) groups excluding carboxylic acids is 2. The molecule has 0 bridgehead atoms. The molecular weight excluding hydrogens is 206 g/mol. The van der Waals surface area contributed by atoms with Gasteiger partial charge in [0.05, 0.1) is 0 Å². The van der Waals surface area contributed by atoms with E-state index < -0.39 is 0 Å². The summed E-state index contributed by atoms with van der Waals surface area (Å²) < 4.78 is 0. The second-order valence-electron chi connectivity index (χ2n) is 3.49. The van der Waals surface area contributed by atoms with E-state index in [1.807, 2.05) is 13.8 Å². The molecule has 0 heterocycles. The molecule has 0 aliphatic heterocycles. The third kappa shape index (κ3) is 6.40. The van der Waals surface area contributed by atoms with Gasteiger partial charge in [0, 0.05) is 46.1 Å². The van der Waals surface area contributed by atoms with Crippen LogP contribution >= 0.6 is 0 Å². The summed E-state index contributed by atoms with van der Waals surface area (Å²) in [5, 5.41) is 5.62. The van der Waals surface area contributed by atoms with Crippen molar-refractivity contribution in [3.05, 3.63) is 0 Å². The first-order valence-corrected chi connectivity index (χ1v) is 5.84. The van der Waals surface area contributed by atoms with Crippen LogP contribution in [0.1, 0.15) is 26.7 Å². The number of carbonyl (C=O) groups is 2. The summed E-state index contributed by atoms with van der Waals surface area (Å²) in [6.45, 7) is 6.71. The lowest BCUT2D eigenvalue weighted by atomic mass is 10.3. The second kappa shape index (κ2) is 9.15. The molecule has 5 heteroatoms. The first-order valence-electron chi connectivity index (χ1n) is 5.84. The summed E-state index contributed by atoms with van der Waals surface area (Å²) in [5.41, 5.74) is 0. The van der Waals surface area contributed by atoms with Crippen LogP contribution in [-0.4, -0.2) is 49.9 Å². The fourth-order valence-electron chi connectivity index (χ4n) is 1.38. The summed E-state index contributed by atoms with van der Waals surface area (Å²) >= 11 is 0. The lowest BCUT2D eigenvalue weighted by Gasteiger charge is -2.18. The number of hydrogen-bond acceptors (Lipinski definition) is 3. The molecule has 2 N–H and O–H groups in total. The minimum Gasteiger partial charge on any atom is -0.359 e. The molecule has 0 fully saturated rings. The van der Waals surface area contributed by atoms with Gasteiger partial charge in [-0.2, -0.15) is 0 Å². The average Bonchev–Trinajstić information content (AvgIpc) is 2.29. The van der Waals surface area contributed by atoms with Crippen molar-refractivity contribution in [3.63, 3.8) is 0 Å². The van der Waals surface area contributed by atoms with Crippen molar-refractivity contribution in [2.75, 3.05) is 33.2 Å². The first-order chi connectivity index (χ1) is 7.65. The van der Waals surface area contributed by atoms with E-state index in [2.05, 4.69) is 10.6 Å². The summed E-state index contributed by atoms with van der Waals surface area (Å²) in [5.74, 6) is 0.181. The van der Waals surface area contributed by atoms with Gasteiger partial charge in [0.25, 0.3) is 0 Å². The molecule has 0 aliphatic carbocycles. The molecule has 0 aromatic rings. The highest BCUT2D eigenvalue weighted by molar-refractivity contribution is 5.76. The van der Waals surface area contributed by atoms with Crippen molar-refractivity contribution in [1.82, 2.24) is 15.5 Å². The van der Waals surface area contributed by atoms with E-state index in [0.29, 0.717) is 25.9 Å². The highest BCUT2D eigenvalue weighted by Gasteiger charge is 2.08. The van der Waals surface area contributed by atoms with Crippen LogP contribution in [0.2, 0.25) is 0 Å². The Balaban J connectivity index is 3.51. The SMILES string of the molecule is CCN(CC)C(=O)CCNCCC(=O)NC. The third-order valence-electron chi connectivity index (χ3n) is 2.44. The predicted molar refractivity (Wildman–Crippen MR) is 64.1 cm³/mol. The highest BCUT2D eigenvalue weighted by Crippen LogP contribution is 1.92. The lowest BCUT2D eigenvalue weighted by Crippen LogP contribution is -2.33. The molecule has 0 atom stereocenters.